The third-order valence-electron chi connectivity index (χ3n) is 10.6. The van der Waals surface area contributed by atoms with Crippen molar-refractivity contribution < 1.29 is 43.2 Å². The molecule has 4 heterocycles. The first-order valence-corrected chi connectivity index (χ1v) is 17.1. The number of ether oxygens (including phenoxy) is 4. The highest BCUT2D eigenvalue weighted by molar-refractivity contribution is 6.20. The Kier molecular flexibility index (Phi) is 8.25. The SMILES string of the molecule is CC(=O)Oc1c2c(c(CC=C(C)C)c3c1C(=O)C1=C4[C@@H]5CC[C@@]1(O3)C(CC=C(C)C(=O)O)(OC4(C)C)C5=O)OC(C)(CCC=C(C)C)C=C2. The average molecular weight is 671 g/mol. The van der Waals surface area contributed by atoms with Crippen molar-refractivity contribution in [2.24, 2.45) is 5.92 Å². The van der Waals surface area contributed by atoms with Gasteiger partial charge in [-0.15, -0.1) is 0 Å². The molecule has 9 nitrogen and oxygen atoms in total. The number of carboxylic acid groups (broad SMARTS) is 1. The third-order valence-corrected chi connectivity index (χ3v) is 10.6. The molecule has 2 unspecified atom stereocenters. The number of esters is 1. The number of allylic oxidation sites excluding steroid dienone is 4. The molecule has 1 spiro atoms. The van der Waals surface area contributed by atoms with Crippen molar-refractivity contribution >= 4 is 29.6 Å². The maximum Gasteiger partial charge on any atom is 0.330 e. The lowest BCUT2D eigenvalue weighted by Gasteiger charge is -2.66. The van der Waals surface area contributed by atoms with Gasteiger partial charge in [-0.2, -0.15) is 0 Å². The summed E-state index contributed by atoms with van der Waals surface area (Å²) in [7, 11) is 0. The molecular weight excluding hydrogens is 624 g/mol. The molecule has 0 amide bonds. The Balaban J connectivity index is 1.65. The summed E-state index contributed by atoms with van der Waals surface area (Å²) in [5.74, 6) is -2.18. The molecule has 1 saturated carbocycles. The van der Waals surface area contributed by atoms with Gasteiger partial charge in [0.25, 0.3) is 0 Å². The molecule has 1 aromatic carbocycles. The molecule has 49 heavy (non-hydrogen) atoms. The first kappa shape index (κ1) is 34.6. The van der Waals surface area contributed by atoms with E-state index >= 15 is 4.79 Å². The maximum absolute atomic E-state index is 15.2. The van der Waals surface area contributed by atoms with E-state index in [1.165, 1.54) is 25.5 Å². The zero-order valence-corrected chi connectivity index (χ0v) is 29.9. The largest absolute Gasteiger partial charge is 0.482 e. The summed E-state index contributed by atoms with van der Waals surface area (Å²) in [6.07, 6.45) is 12.0. The number of ketones is 2. The number of hydrogen-bond acceptors (Lipinski definition) is 8. The lowest BCUT2D eigenvalue weighted by molar-refractivity contribution is -0.244. The number of aliphatic carboxylic acids is 1. The van der Waals surface area contributed by atoms with Gasteiger partial charge in [0.1, 0.15) is 22.7 Å². The van der Waals surface area contributed by atoms with Gasteiger partial charge in [-0.25, -0.2) is 4.79 Å². The van der Waals surface area contributed by atoms with Gasteiger partial charge in [-0.3, -0.25) is 14.4 Å². The molecule has 4 atom stereocenters. The van der Waals surface area contributed by atoms with E-state index in [0.717, 1.165) is 12.0 Å². The standard InChI is InChI=1S/C40H46O9/c1-21(2)11-10-17-38(9)18-15-27-32(47-38)26(13-12-22(3)4)34-28(33(27)46-24(6)41)31(42)30-29-25-16-20-39(30,48-34)40(35(25)43,49-37(29,7)8)19-14-23(5)36(44)45/h11-12,14-15,18,25H,10,13,16-17,19-20H2,1-9H3,(H,44,45)/t25-,38?,39-,40?/m0/s1. The Labute approximate surface area is 287 Å². The van der Waals surface area contributed by atoms with E-state index in [1.54, 1.807) is 0 Å². The molecule has 4 aliphatic heterocycles. The minimum Gasteiger partial charge on any atom is -0.482 e. The molecule has 1 saturated heterocycles. The normalized spacial score (nSPS) is 28.6. The predicted octanol–water partition coefficient (Wildman–Crippen LogP) is 7.60. The third kappa shape index (κ3) is 5.23. The van der Waals surface area contributed by atoms with Crippen molar-refractivity contribution in [2.75, 3.05) is 0 Å². The molecule has 260 valence electrons. The van der Waals surface area contributed by atoms with Crippen LogP contribution in [0.2, 0.25) is 0 Å². The van der Waals surface area contributed by atoms with Crippen molar-refractivity contribution in [3.63, 3.8) is 0 Å². The van der Waals surface area contributed by atoms with Crippen LogP contribution < -0.4 is 14.2 Å². The minimum absolute atomic E-state index is 0.0586. The van der Waals surface area contributed by atoms with Crippen LogP contribution in [0.15, 0.2) is 52.2 Å². The summed E-state index contributed by atoms with van der Waals surface area (Å²) < 4.78 is 26.6. The minimum atomic E-state index is -1.66. The van der Waals surface area contributed by atoms with Crippen LogP contribution in [0.4, 0.5) is 0 Å². The van der Waals surface area contributed by atoms with Gasteiger partial charge < -0.3 is 24.1 Å². The maximum atomic E-state index is 15.2. The number of fused-ring (bicyclic) bond motifs is 4. The highest BCUT2D eigenvalue weighted by Gasteiger charge is 2.77. The van der Waals surface area contributed by atoms with E-state index in [4.69, 9.17) is 18.9 Å². The number of carbonyl (C=O) groups is 4. The Morgan fingerprint density at radius 3 is 2.31 bits per heavy atom. The van der Waals surface area contributed by atoms with Crippen LogP contribution >= 0.6 is 0 Å². The zero-order chi connectivity index (χ0) is 35.8. The summed E-state index contributed by atoms with van der Waals surface area (Å²) in [6, 6.07) is 0. The molecule has 0 radical (unpaired) electrons. The van der Waals surface area contributed by atoms with Crippen molar-refractivity contribution in [1.29, 1.82) is 0 Å². The van der Waals surface area contributed by atoms with Gasteiger partial charge in [0.15, 0.2) is 22.7 Å². The monoisotopic (exact) mass is 670 g/mol. The van der Waals surface area contributed by atoms with E-state index in [2.05, 4.69) is 6.08 Å². The number of carboxylic acids is 1. The molecule has 4 bridgehead atoms. The second-order valence-corrected chi connectivity index (χ2v) is 15.2. The Bertz CT molecular complexity index is 1860. The lowest BCUT2D eigenvalue weighted by atomic mass is 9.48. The fourth-order valence-electron chi connectivity index (χ4n) is 8.37. The first-order chi connectivity index (χ1) is 22.9. The van der Waals surface area contributed by atoms with Gasteiger partial charge in [0.05, 0.1) is 11.2 Å². The fourth-order valence-corrected chi connectivity index (χ4v) is 8.37. The summed E-state index contributed by atoms with van der Waals surface area (Å²) in [5.41, 5.74) is -0.480. The van der Waals surface area contributed by atoms with Gasteiger partial charge in [-0.05, 0) is 105 Å². The Morgan fingerprint density at radius 2 is 1.67 bits per heavy atom. The Morgan fingerprint density at radius 1 is 0.980 bits per heavy atom. The van der Waals surface area contributed by atoms with Crippen LogP contribution in [-0.2, 0) is 25.5 Å². The first-order valence-electron chi connectivity index (χ1n) is 17.1. The van der Waals surface area contributed by atoms with Gasteiger partial charge in [0.2, 0.25) is 5.78 Å². The number of benzene rings is 1. The van der Waals surface area contributed by atoms with Gasteiger partial charge in [-0.1, -0.05) is 29.4 Å². The summed E-state index contributed by atoms with van der Waals surface area (Å²) in [5, 5.41) is 9.70. The van der Waals surface area contributed by atoms with Crippen molar-refractivity contribution in [3.05, 3.63) is 68.9 Å². The number of carbonyl (C=O) groups excluding carboxylic acids is 3. The molecule has 8 rings (SSSR count). The van der Waals surface area contributed by atoms with E-state index in [0.29, 0.717) is 53.7 Å². The van der Waals surface area contributed by atoms with Crippen LogP contribution in [0.5, 0.6) is 17.2 Å². The van der Waals surface area contributed by atoms with Crippen molar-refractivity contribution in [1.82, 2.24) is 0 Å². The molecular formula is C40H46O9. The van der Waals surface area contributed by atoms with Crippen molar-refractivity contribution in [2.45, 2.75) is 123 Å². The van der Waals surface area contributed by atoms with Gasteiger partial charge >= 0.3 is 11.9 Å². The molecule has 0 aromatic heterocycles. The molecule has 3 aliphatic carbocycles. The second-order valence-electron chi connectivity index (χ2n) is 15.2. The van der Waals surface area contributed by atoms with E-state index in [-0.39, 0.29) is 40.6 Å². The fraction of sp³-hybridized carbons (Fsp3) is 0.500. The van der Waals surface area contributed by atoms with E-state index < -0.39 is 40.3 Å². The number of hydrogen-bond donors (Lipinski definition) is 1. The highest BCUT2D eigenvalue weighted by atomic mass is 16.6. The van der Waals surface area contributed by atoms with Crippen LogP contribution in [0.1, 0.15) is 116 Å². The highest BCUT2D eigenvalue weighted by Crippen LogP contribution is 2.67. The molecule has 9 heteroatoms. The van der Waals surface area contributed by atoms with Gasteiger partial charge in [0, 0.05) is 36.0 Å². The lowest BCUT2D eigenvalue weighted by Crippen LogP contribution is -2.79. The number of Topliss-reactive ketones (excluding diaryl/α,β-unsaturated/α-hetero) is 2. The molecule has 2 fully saturated rings. The summed E-state index contributed by atoms with van der Waals surface area (Å²) >= 11 is 0. The summed E-state index contributed by atoms with van der Waals surface area (Å²) in [6.45, 7) is 16.5. The van der Waals surface area contributed by atoms with Crippen LogP contribution in [0.3, 0.4) is 0 Å². The summed E-state index contributed by atoms with van der Waals surface area (Å²) in [4.78, 5) is 54.2. The van der Waals surface area contributed by atoms with E-state index in [1.807, 2.05) is 66.7 Å². The van der Waals surface area contributed by atoms with Crippen LogP contribution in [-0.4, -0.2) is 51.0 Å². The van der Waals surface area contributed by atoms with Crippen LogP contribution in [0.25, 0.3) is 6.08 Å². The van der Waals surface area contributed by atoms with Crippen molar-refractivity contribution in [3.8, 4) is 17.2 Å². The number of rotatable bonds is 9. The zero-order valence-electron chi connectivity index (χ0n) is 29.9. The quantitative estimate of drug-likeness (QED) is 0.122. The average Bonchev–Trinajstić information content (AvgIpc) is 2.99. The topological polar surface area (TPSA) is 125 Å². The molecule has 1 aromatic rings. The smallest absolute Gasteiger partial charge is 0.330 e. The predicted molar refractivity (Wildman–Crippen MR) is 184 cm³/mol. The Hall–Kier alpha value is -4.24. The molecule has 7 aliphatic rings. The molecule has 1 N–H and O–H groups in total. The van der Waals surface area contributed by atoms with Crippen LogP contribution in [0, 0.1) is 5.92 Å². The second kappa shape index (κ2) is 11.7. The van der Waals surface area contributed by atoms with E-state index in [9.17, 15) is 19.5 Å².